The Bertz CT molecular complexity index is 1000. The molecule has 0 aromatic heterocycles. The Hall–Kier alpha value is -1.95. The number of hydrogen-bond acceptors (Lipinski definition) is 3. The van der Waals surface area contributed by atoms with Crippen LogP contribution in [0.25, 0.3) is 0 Å². The molecule has 0 radical (unpaired) electrons. The molecular weight excluding hydrogens is 525 g/mol. The molecule has 1 aliphatic heterocycles. The summed E-state index contributed by atoms with van der Waals surface area (Å²) >= 11 is 0. The molecule has 164 valence electrons. The van der Waals surface area contributed by atoms with E-state index in [0.717, 1.165) is 29.4 Å². The van der Waals surface area contributed by atoms with Gasteiger partial charge in [0.25, 0.3) is 0 Å². The third-order valence-corrected chi connectivity index (χ3v) is 6.36. The van der Waals surface area contributed by atoms with Crippen LogP contribution in [0.3, 0.4) is 0 Å². The normalized spacial score (nSPS) is 13.6. The van der Waals surface area contributed by atoms with Crippen molar-refractivity contribution in [2.45, 2.75) is 19.9 Å². The van der Waals surface area contributed by atoms with Crippen molar-refractivity contribution in [1.82, 2.24) is 10.6 Å². The van der Waals surface area contributed by atoms with Crippen LogP contribution in [0.15, 0.2) is 47.5 Å². The maximum atomic E-state index is 13.7. The molecular formula is C20H25F2IN4O2S. The molecule has 2 N–H and O–H groups in total. The zero-order chi connectivity index (χ0) is 20.9. The first-order chi connectivity index (χ1) is 13.9. The van der Waals surface area contributed by atoms with Gasteiger partial charge in [-0.1, -0.05) is 18.2 Å². The lowest BCUT2D eigenvalue weighted by molar-refractivity contribution is 0.585. The molecule has 3 rings (SSSR count). The minimum atomic E-state index is -3.48. The van der Waals surface area contributed by atoms with Crippen LogP contribution in [-0.4, -0.2) is 39.8 Å². The summed E-state index contributed by atoms with van der Waals surface area (Å²) in [4.78, 5) is 4.22. The van der Waals surface area contributed by atoms with Gasteiger partial charge < -0.3 is 10.6 Å². The lowest BCUT2D eigenvalue weighted by Gasteiger charge is -2.20. The van der Waals surface area contributed by atoms with Gasteiger partial charge in [0.15, 0.2) is 5.96 Å². The topological polar surface area (TPSA) is 73.8 Å². The number of rotatable bonds is 7. The standard InChI is InChI=1S/C20H24F2N4O2S.HI/c1-2-23-20(25-14-16-13-17(21)7-8-18(16)22)24-10-12-29(27,28)26-11-9-15-5-3-4-6-19(15)26;/h3-8,13H,2,9-12,14H2,1H3,(H2,23,24,25);1H. The zero-order valence-corrected chi connectivity index (χ0v) is 19.7. The fourth-order valence-electron chi connectivity index (χ4n) is 3.18. The summed E-state index contributed by atoms with van der Waals surface area (Å²) in [5, 5.41) is 5.92. The number of anilines is 1. The van der Waals surface area contributed by atoms with Crippen LogP contribution in [0, 0.1) is 11.6 Å². The second-order valence-electron chi connectivity index (χ2n) is 6.62. The third kappa shape index (κ3) is 6.03. The van der Waals surface area contributed by atoms with E-state index in [1.54, 1.807) is 0 Å². The first-order valence-electron chi connectivity index (χ1n) is 9.45. The molecule has 30 heavy (non-hydrogen) atoms. The van der Waals surface area contributed by atoms with Gasteiger partial charge in [0.05, 0.1) is 18.0 Å². The first kappa shape index (κ1) is 24.3. The molecule has 10 heteroatoms. The number of hydrogen-bond donors (Lipinski definition) is 2. The van der Waals surface area contributed by atoms with Crippen molar-refractivity contribution in [1.29, 1.82) is 0 Å². The number of nitrogens with zero attached hydrogens (tertiary/aromatic N) is 2. The summed E-state index contributed by atoms with van der Waals surface area (Å²) < 4.78 is 53.9. The Kier molecular flexibility index (Phi) is 8.83. The number of halogens is 3. The van der Waals surface area contributed by atoms with E-state index in [9.17, 15) is 17.2 Å². The van der Waals surface area contributed by atoms with Gasteiger partial charge in [-0.05, 0) is 43.2 Å². The van der Waals surface area contributed by atoms with Gasteiger partial charge >= 0.3 is 0 Å². The van der Waals surface area contributed by atoms with E-state index in [0.29, 0.717) is 25.5 Å². The van der Waals surface area contributed by atoms with Crippen LogP contribution in [0.2, 0.25) is 0 Å². The minimum Gasteiger partial charge on any atom is -0.357 e. The Balaban J connectivity index is 0.00000320. The Morgan fingerprint density at radius 2 is 1.93 bits per heavy atom. The van der Waals surface area contributed by atoms with Crippen LogP contribution >= 0.6 is 24.0 Å². The summed E-state index contributed by atoms with van der Waals surface area (Å²) in [6.07, 6.45) is 0.701. The predicted octanol–water partition coefficient (Wildman–Crippen LogP) is 3.03. The van der Waals surface area contributed by atoms with Gasteiger partial charge in [-0.15, -0.1) is 24.0 Å². The quantitative estimate of drug-likeness (QED) is 0.316. The summed E-state index contributed by atoms with van der Waals surface area (Å²) in [5.74, 6) is -0.846. The van der Waals surface area contributed by atoms with E-state index < -0.39 is 21.7 Å². The van der Waals surface area contributed by atoms with E-state index >= 15 is 0 Å². The SMILES string of the molecule is CCNC(=NCc1cc(F)ccc1F)NCCS(=O)(=O)N1CCc2ccccc21.I. The number of nitrogens with one attached hydrogen (secondary N) is 2. The number of aliphatic imine (C=N–C) groups is 1. The van der Waals surface area contributed by atoms with Crippen molar-refractivity contribution in [2.75, 3.05) is 29.7 Å². The van der Waals surface area contributed by atoms with Crippen LogP contribution in [-0.2, 0) is 23.0 Å². The van der Waals surface area contributed by atoms with Gasteiger partial charge in [0.1, 0.15) is 11.6 Å². The van der Waals surface area contributed by atoms with Crippen LogP contribution < -0.4 is 14.9 Å². The van der Waals surface area contributed by atoms with Gasteiger partial charge in [-0.25, -0.2) is 22.2 Å². The number of fused-ring (bicyclic) bond motifs is 1. The van der Waals surface area contributed by atoms with Gasteiger partial charge in [0.2, 0.25) is 10.0 Å². The van der Waals surface area contributed by atoms with E-state index in [1.807, 2.05) is 31.2 Å². The highest BCUT2D eigenvalue weighted by molar-refractivity contribution is 14.0. The van der Waals surface area contributed by atoms with Gasteiger partial charge in [-0.3, -0.25) is 4.31 Å². The predicted molar refractivity (Wildman–Crippen MR) is 126 cm³/mol. The molecule has 2 aromatic carbocycles. The summed E-state index contributed by atoms with van der Waals surface area (Å²) in [6.45, 7) is 2.92. The van der Waals surface area contributed by atoms with Crippen molar-refractivity contribution in [3.05, 3.63) is 65.2 Å². The highest BCUT2D eigenvalue weighted by atomic mass is 127. The first-order valence-corrected chi connectivity index (χ1v) is 11.1. The van der Waals surface area contributed by atoms with E-state index in [1.165, 1.54) is 4.31 Å². The monoisotopic (exact) mass is 550 g/mol. The molecule has 0 saturated heterocycles. The molecule has 0 aliphatic carbocycles. The van der Waals surface area contributed by atoms with Gasteiger partial charge in [-0.2, -0.15) is 0 Å². The van der Waals surface area contributed by atoms with E-state index in [4.69, 9.17) is 0 Å². The van der Waals surface area contributed by atoms with Gasteiger partial charge in [0, 0.05) is 25.2 Å². The average Bonchev–Trinajstić information content (AvgIpc) is 3.13. The van der Waals surface area contributed by atoms with Crippen molar-refractivity contribution in [2.24, 2.45) is 4.99 Å². The molecule has 2 aromatic rings. The third-order valence-electron chi connectivity index (χ3n) is 4.59. The number of benzene rings is 2. The van der Waals surface area contributed by atoms with Crippen molar-refractivity contribution in [3.8, 4) is 0 Å². The average molecular weight is 550 g/mol. The Morgan fingerprint density at radius 3 is 2.70 bits per heavy atom. The molecule has 0 saturated carbocycles. The number of guanidine groups is 1. The van der Waals surface area contributed by atoms with E-state index in [2.05, 4.69) is 15.6 Å². The highest BCUT2D eigenvalue weighted by Crippen LogP contribution is 2.29. The van der Waals surface area contributed by atoms with Crippen molar-refractivity contribution in [3.63, 3.8) is 0 Å². The smallest absolute Gasteiger partial charge is 0.236 e. The largest absolute Gasteiger partial charge is 0.357 e. The molecule has 0 atom stereocenters. The lowest BCUT2D eigenvalue weighted by atomic mass is 10.2. The maximum Gasteiger partial charge on any atom is 0.236 e. The molecule has 0 spiro atoms. The number of para-hydroxylation sites is 1. The molecule has 1 aliphatic rings. The summed E-state index contributed by atoms with van der Waals surface area (Å²) in [7, 11) is -3.48. The number of sulfonamides is 1. The fourth-order valence-corrected chi connectivity index (χ4v) is 4.60. The molecule has 1 heterocycles. The molecule has 0 bridgehead atoms. The van der Waals surface area contributed by atoms with Crippen molar-refractivity contribution >= 4 is 45.6 Å². The van der Waals surface area contributed by atoms with Crippen LogP contribution in [0.1, 0.15) is 18.1 Å². The molecule has 0 unspecified atom stereocenters. The second-order valence-corrected chi connectivity index (χ2v) is 8.64. The summed E-state index contributed by atoms with van der Waals surface area (Å²) in [6, 6.07) is 10.7. The molecule has 6 nitrogen and oxygen atoms in total. The Morgan fingerprint density at radius 1 is 1.17 bits per heavy atom. The zero-order valence-electron chi connectivity index (χ0n) is 16.6. The minimum absolute atomic E-state index is 0. The fraction of sp³-hybridized carbons (Fsp3) is 0.350. The second kappa shape index (κ2) is 10.9. The summed E-state index contributed by atoms with van der Waals surface area (Å²) in [5.41, 5.74) is 1.88. The van der Waals surface area contributed by atoms with Crippen LogP contribution in [0.4, 0.5) is 14.5 Å². The molecule has 0 fully saturated rings. The Labute approximate surface area is 192 Å². The van der Waals surface area contributed by atoms with Crippen molar-refractivity contribution < 1.29 is 17.2 Å². The lowest BCUT2D eigenvalue weighted by Crippen LogP contribution is -2.42. The highest BCUT2D eigenvalue weighted by Gasteiger charge is 2.28. The maximum absolute atomic E-state index is 13.7. The molecule has 0 amide bonds. The van der Waals surface area contributed by atoms with E-state index in [-0.39, 0.29) is 48.4 Å². The van der Waals surface area contributed by atoms with Crippen LogP contribution in [0.5, 0.6) is 0 Å².